The van der Waals surface area contributed by atoms with Gasteiger partial charge in [0.15, 0.2) is 0 Å². The molecule has 0 aliphatic carbocycles. The highest BCUT2D eigenvalue weighted by molar-refractivity contribution is 6.30. The highest BCUT2D eigenvalue weighted by Crippen LogP contribution is 2.26. The number of likely N-dealkylation sites (N-methyl/N-ethyl adjacent to an activating group) is 1. The number of nitrogens with zero attached hydrogens (tertiary/aromatic N) is 1. The molecule has 2 rings (SSSR count). The predicted molar refractivity (Wildman–Crippen MR) is 73.5 cm³/mol. The predicted octanol–water partition coefficient (Wildman–Crippen LogP) is 3.08. The van der Waals surface area contributed by atoms with E-state index in [2.05, 4.69) is 36.2 Å². The second-order valence-electron chi connectivity index (χ2n) is 4.77. The molecular formula is C14H21ClN2. The average Bonchev–Trinajstić information content (AvgIpc) is 2.77. The number of halogens is 1. The molecule has 0 aromatic heterocycles. The van der Waals surface area contributed by atoms with Gasteiger partial charge in [-0.2, -0.15) is 0 Å². The van der Waals surface area contributed by atoms with Crippen LogP contribution in [0.3, 0.4) is 0 Å². The van der Waals surface area contributed by atoms with Crippen LogP contribution in [0.2, 0.25) is 5.02 Å². The Hall–Kier alpha value is -0.570. The van der Waals surface area contributed by atoms with Crippen molar-refractivity contribution < 1.29 is 0 Å². The third kappa shape index (κ3) is 3.21. The van der Waals surface area contributed by atoms with E-state index in [4.69, 9.17) is 11.6 Å². The first kappa shape index (κ1) is 12.9. The summed E-state index contributed by atoms with van der Waals surface area (Å²) in [6, 6.07) is 9.32. The van der Waals surface area contributed by atoms with Crippen LogP contribution < -0.4 is 5.32 Å². The molecule has 1 N–H and O–H groups in total. The summed E-state index contributed by atoms with van der Waals surface area (Å²) in [4.78, 5) is 2.53. The fourth-order valence-corrected chi connectivity index (χ4v) is 2.77. The van der Waals surface area contributed by atoms with Gasteiger partial charge in [-0.25, -0.2) is 0 Å². The monoisotopic (exact) mass is 252 g/mol. The van der Waals surface area contributed by atoms with E-state index in [0.29, 0.717) is 12.1 Å². The Morgan fingerprint density at radius 1 is 1.53 bits per heavy atom. The molecule has 94 valence electrons. The van der Waals surface area contributed by atoms with Crippen molar-refractivity contribution in [2.45, 2.75) is 32.4 Å². The van der Waals surface area contributed by atoms with Gasteiger partial charge in [-0.1, -0.05) is 30.7 Å². The van der Waals surface area contributed by atoms with Gasteiger partial charge >= 0.3 is 0 Å². The van der Waals surface area contributed by atoms with Crippen LogP contribution in [0.15, 0.2) is 24.3 Å². The molecule has 0 amide bonds. The normalized spacial score (nSPS) is 22.9. The minimum absolute atomic E-state index is 0.456. The Kier molecular flexibility index (Phi) is 4.43. The fourth-order valence-electron chi connectivity index (χ4n) is 2.57. The van der Waals surface area contributed by atoms with Crippen molar-refractivity contribution in [2.24, 2.45) is 0 Å². The lowest BCUT2D eigenvalue weighted by Gasteiger charge is -2.25. The Balaban J connectivity index is 1.99. The van der Waals surface area contributed by atoms with Crippen molar-refractivity contribution >= 4 is 11.6 Å². The lowest BCUT2D eigenvalue weighted by atomic mass is 10.1. The smallest absolute Gasteiger partial charge is 0.0409 e. The standard InChI is InChI=1S/C14H21ClN2/c1-3-16-14-7-8-17(10-14)11(2)12-5-4-6-13(15)9-12/h4-6,9,11,14,16H,3,7-8,10H2,1-2H3. The van der Waals surface area contributed by atoms with Crippen molar-refractivity contribution in [3.63, 3.8) is 0 Å². The number of rotatable bonds is 4. The van der Waals surface area contributed by atoms with Gasteiger partial charge in [0, 0.05) is 30.2 Å². The first-order valence-electron chi connectivity index (χ1n) is 6.43. The van der Waals surface area contributed by atoms with E-state index < -0.39 is 0 Å². The first-order chi connectivity index (χ1) is 8.20. The first-order valence-corrected chi connectivity index (χ1v) is 6.81. The van der Waals surface area contributed by atoms with Crippen LogP contribution >= 0.6 is 11.6 Å². The van der Waals surface area contributed by atoms with Gasteiger partial charge in [0.1, 0.15) is 0 Å². The summed E-state index contributed by atoms with van der Waals surface area (Å²) in [5, 5.41) is 4.35. The summed E-state index contributed by atoms with van der Waals surface area (Å²) in [5.41, 5.74) is 1.31. The Morgan fingerprint density at radius 2 is 2.35 bits per heavy atom. The molecule has 1 aliphatic rings. The fraction of sp³-hybridized carbons (Fsp3) is 0.571. The molecule has 1 saturated heterocycles. The number of nitrogens with one attached hydrogen (secondary N) is 1. The molecule has 1 aromatic carbocycles. The molecule has 0 radical (unpaired) electrons. The lowest BCUT2D eigenvalue weighted by molar-refractivity contribution is 0.256. The minimum atomic E-state index is 0.456. The molecule has 2 unspecified atom stereocenters. The molecule has 3 heteroatoms. The zero-order chi connectivity index (χ0) is 12.3. The summed E-state index contributed by atoms with van der Waals surface area (Å²) in [5.74, 6) is 0. The van der Waals surface area contributed by atoms with Gasteiger partial charge in [0.05, 0.1) is 0 Å². The molecular weight excluding hydrogens is 232 g/mol. The maximum Gasteiger partial charge on any atom is 0.0409 e. The van der Waals surface area contributed by atoms with Crippen molar-refractivity contribution in [3.05, 3.63) is 34.9 Å². The Labute approximate surface area is 109 Å². The van der Waals surface area contributed by atoms with Gasteiger partial charge in [0.2, 0.25) is 0 Å². The van der Waals surface area contributed by atoms with E-state index in [9.17, 15) is 0 Å². The Morgan fingerprint density at radius 3 is 3.06 bits per heavy atom. The van der Waals surface area contributed by atoms with Gasteiger partial charge in [-0.3, -0.25) is 4.90 Å². The number of hydrogen-bond acceptors (Lipinski definition) is 2. The van der Waals surface area contributed by atoms with E-state index in [1.807, 2.05) is 12.1 Å². The van der Waals surface area contributed by atoms with E-state index in [0.717, 1.165) is 18.1 Å². The molecule has 2 atom stereocenters. The van der Waals surface area contributed by atoms with Gasteiger partial charge < -0.3 is 5.32 Å². The van der Waals surface area contributed by atoms with Gasteiger partial charge in [-0.05, 0) is 37.6 Å². The maximum absolute atomic E-state index is 6.04. The summed E-state index contributed by atoms with van der Waals surface area (Å²) in [6.45, 7) is 7.81. The largest absolute Gasteiger partial charge is 0.313 e. The van der Waals surface area contributed by atoms with Crippen molar-refractivity contribution in [1.82, 2.24) is 10.2 Å². The van der Waals surface area contributed by atoms with Crippen LogP contribution in [0, 0.1) is 0 Å². The van der Waals surface area contributed by atoms with Crippen molar-refractivity contribution in [3.8, 4) is 0 Å². The quantitative estimate of drug-likeness (QED) is 0.886. The lowest BCUT2D eigenvalue weighted by Crippen LogP contribution is -2.33. The summed E-state index contributed by atoms with van der Waals surface area (Å²) in [7, 11) is 0. The van der Waals surface area contributed by atoms with E-state index in [-0.39, 0.29) is 0 Å². The molecule has 1 aliphatic heterocycles. The van der Waals surface area contributed by atoms with Crippen LogP contribution in [0.25, 0.3) is 0 Å². The molecule has 1 aromatic rings. The van der Waals surface area contributed by atoms with E-state index in [1.54, 1.807) is 0 Å². The molecule has 2 nitrogen and oxygen atoms in total. The summed E-state index contributed by atoms with van der Waals surface area (Å²) in [6.07, 6.45) is 1.25. The highest BCUT2D eigenvalue weighted by atomic mass is 35.5. The summed E-state index contributed by atoms with van der Waals surface area (Å²) < 4.78 is 0. The zero-order valence-corrected chi connectivity index (χ0v) is 11.4. The van der Waals surface area contributed by atoms with Crippen molar-refractivity contribution in [1.29, 1.82) is 0 Å². The molecule has 1 fully saturated rings. The maximum atomic E-state index is 6.04. The summed E-state index contributed by atoms with van der Waals surface area (Å²) >= 11 is 6.04. The number of likely N-dealkylation sites (tertiary alicyclic amines) is 1. The van der Waals surface area contributed by atoms with Crippen LogP contribution in [0.1, 0.15) is 31.9 Å². The van der Waals surface area contributed by atoms with E-state index in [1.165, 1.54) is 18.5 Å². The second-order valence-corrected chi connectivity index (χ2v) is 5.21. The SMILES string of the molecule is CCNC1CCN(C(C)c2cccc(Cl)c2)C1. The number of hydrogen-bond donors (Lipinski definition) is 1. The topological polar surface area (TPSA) is 15.3 Å². The van der Waals surface area contributed by atoms with Crippen LogP contribution in [-0.4, -0.2) is 30.6 Å². The zero-order valence-electron chi connectivity index (χ0n) is 10.6. The second kappa shape index (κ2) is 5.85. The molecule has 1 heterocycles. The van der Waals surface area contributed by atoms with Crippen LogP contribution in [0.4, 0.5) is 0 Å². The van der Waals surface area contributed by atoms with Gasteiger partial charge in [0.25, 0.3) is 0 Å². The third-order valence-electron chi connectivity index (χ3n) is 3.59. The molecule has 0 saturated carbocycles. The molecule has 0 bridgehead atoms. The molecule has 17 heavy (non-hydrogen) atoms. The third-order valence-corrected chi connectivity index (χ3v) is 3.83. The Bertz CT molecular complexity index is 367. The van der Waals surface area contributed by atoms with E-state index >= 15 is 0 Å². The average molecular weight is 253 g/mol. The van der Waals surface area contributed by atoms with Crippen molar-refractivity contribution in [2.75, 3.05) is 19.6 Å². The minimum Gasteiger partial charge on any atom is -0.313 e. The van der Waals surface area contributed by atoms with Crippen LogP contribution in [0.5, 0.6) is 0 Å². The number of benzene rings is 1. The van der Waals surface area contributed by atoms with Crippen LogP contribution in [-0.2, 0) is 0 Å². The van der Waals surface area contributed by atoms with Gasteiger partial charge in [-0.15, -0.1) is 0 Å². The highest BCUT2D eigenvalue weighted by Gasteiger charge is 2.25. The molecule has 0 spiro atoms.